The van der Waals surface area contributed by atoms with Gasteiger partial charge in [-0.2, -0.15) is 0 Å². The van der Waals surface area contributed by atoms with Crippen molar-refractivity contribution < 1.29 is 47.9 Å². The van der Waals surface area contributed by atoms with Gasteiger partial charge in [0.1, 0.15) is 5.70 Å². The Labute approximate surface area is 284 Å². The van der Waals surface area contributed by atoms with E-state index in [0.29, 0.717) is 11.5 Å². The van der Waals surface area contributed by atoms with Gasteiger partial charge in [-0.25, -0.2) is 4.90 Å². The maximum absolute atomic E-state index is 12.6. The summed E-state index contributed by atoms with van der Waals surface area (Å²) in [6.45, 7) is 5.82. The third-order valence-electron chi connectivity index (χ3n) is 7.59. The molecule has 0 aromatic heterocycles. The van der Waals surface area contributed by atoms with Crippen molar-refractivity contribution in [2.45, 2.75) is 63.6 Å². The third-order valence-corrected chi connectivity index (χ3v) is 7.59. The molecule has 3 unspecified atom stereocenters. The van der Waals surface area contributed by atoms with Crippen molar-refractivity contribution in [3.05, 3.63) is 12.3 Å². The largest absolute Gasteiger partial charge is 0.381 e. The molecule has 2 rings (SSSR count). The summed E-state index contributed by atoms with van der Waals surface area (Å²) in [6, 6.07) is -2.22. The number of nitrogens with zero attached hydrogens (tertiary/aromatic N) is 2. The monoisotopic (exact) mass is 693 g/mol. The van der Waals surface area contributed by atoms with E-state index in [4.69, 9.17) is 4.74 Å². The third kappa shape index (κ3) is 13.0. The molecule has 3 atom stereocenters. The first kappa shape index (κ1) is 40.4. The van der Waals surface area contributed by atoms with Gasteiger partial charge >= 0.3 is 0 Å². The minimum atomic E-state index is -0.887. The van der Waals surface area contributed by atoms with Gasteiger partial charge in [-0.1, -0.05) is 6.58 Å². The lowest BCUT2D eigenvalue weighted by atomic mass is 10.1. The molecule has 19 heteroatoms. The normalized spacial score (nSPS) is 17.9. The van der Waals surface area contributed by atoms with Gasteiger partial charge in [-0.15, -0.1) is 0 Å². The Morgan fingerprint density at radius 2 is 1.29 bits per heavy atom. The van der Waals surface area contributed by atoms with Gasteiger partial charge in [-0.3, -0.25) is 48.1 Å². The maximum atomic E-state index is 12.6. The van der Waals surface area contributed by atoms with Crippen LogP contribution in [0.25, 0.3) is 0 Å². The van der Waals surface area contributed by atoms with Gasteiger partial charge in [0.15, 0.2) is 0 Å². The van der Waals surface area contributed by atoms with Crippen LogP contribution in [0.4, 0.5) is 0 Å². The average molecular weight is 694 g/mol. The smallest absolute Gasteiger partial charge is 0.267 e. The Balaban J connectivity index is 1.76. The zero-order chi connectivity index (χ0) is 36.5. The molecular weight excluding hydrogens is 646 g/mol. The van der Waals surface area contributed by atoms with Crippen LogP contribution in [0, 0.1) is 0 Å². The van der Waals surface area contributed by atoms with E-state index in [1.165, 1.54) is 7.05 Å². The van der Waals surface area contributed by atoms with Gasteiger partial charge in [0.25, 0.3) is 11.8 Å². The summed E-state index contributed by atoms with van der Waals surface area (Å²) >= 11 is 0. The highest BCUT2D eigenvalue weighted by Gasteiger charge is 2.41. The van der Waals surface area contributed by atoms with Crippen LogP contribution >= 0.6 is 0 Å². The van der Waals surface area contributed by atoms with E-state index in [2.05, 4.69) is 43.8 Å². The van der Waals surface area contributed by atoms with Crippen LogP contribution in [0.15, 0.2) is 12.3 Å². The Hall–Kier alpha value is -4.75. The predicted molar refractivity (Wildman–Crippen MR) is 172 cm³/mol. The molecular formula is C30H47N9O10. The number of carbonyl (C=O) groups excluding carboxylic acids is 9. The molecule has 0 bridgehead atoms. The second-order valence-corrected chi connectivity index (χ2v) is 11.2. The van der Waals surface area contributed by atoms with Crippen LogP contribution in [-0.2, 0) is 47.9 Å². The molecule has 2 fully saturated rings. The number of carbonyl (C=O) groups is 9. The van der Waals surface area contributed by atoms with Gasteiger partial charge in [0, 0.05) is 71.1 Å². The van der Waals surface area contributed by atoms with E-state index in [1.807, 2.05) is 0 Å². The topological polar surface area (TPSA) is 254 Å². The molecule has 272 valence electrons. The van der Waals surface area contributed by atoms with Gasteiger partial charge in [0.2, 0.25) is 41.4 Å². The van der Waals surface area contributed by atoms with Crippen molar-refractivity contribution >= 4 is 53.2 Å². The van der Waals surface area contributed by atoms with Crippen LogP contribution in [0.3, 0.4) is 0 Å². The summed E-state index contributed by atoms with van der Waals surface area (Å²) < 4.78 is 5.18. The number of imide groups is 2. The summed E-state index contributed by atoms with van der Waals surface area (Å²) in [5.41, 5.74) is -0.336. The molecule has 2 heterocycles. The van der Waals surface area contributed by atoms with Crippen molar-refractivity contribution in [3.8, 4) is 0 Å². The van der Waals surface area contributed by atoms with Gasteiger partial charge in [0.05, 0.1) is 31.5 Å². The standard InChI is InChI=1S/C30H47N9O10/c1-5-49-13-7-23(41)37-19(14-24(42)34-9-8-33-22(40)6-12-38-26(44)16-20(31-3)29(38)47)15-25(43)35-10-11-36-28(46)18(2)39-27(45)17-21(32-4)30(39)48/h19-21,31-32H,2,5-17H2,1,3-4H3,(H,33,40)(H,34,42)(H,35,43)(H,36,46)(H,37,41). The van der Waals surface area contributed by atoms with Gasteiger partial charge < -0.3 is 42.0 Å². The molecule has 2 saturated heterocycles. The minimum absolute atomic E-state index is 0.0108. The van der Waals surface area contributed by atoms with Crippen molar-refractivity contribution in [2.75, 3.05) is 60.0 Å². The average Bonchev–Trinajstić information content (AvgIpc) is 3.51. The van der Waals surface area contributed by atoms with Crippen LogP contribution < -0.4 is 37.2 Å². The van der Waals surface area contributed by atoms with Crippen molar-refractivity contribution in [1.29, 1.82) is 0 Å². The highest BCUT2D eigenvalue weighted by atomic mass is 16.5. The molecule has 2 aliphatic rings. The summed E-state index contributed by atoms with van der Waals surface area (Å²) in [7, 11) is 3.09. The molecule has 0 radical (unpaired) electrons. The molecule has 0 aliphatic carbocycles. The highest BCUT2D eigenvalue weighted by molar-refractivity contribution is 6.12. The van der Waals surface area contributed by atoms with Crippen molar-refractivity contribution in [2.24, 2.45) is 0 Å². The molecule has 2 aliphatic heterocycles. The number of likely N-dealkylation sites (tertiary alicyclic amines) is 2. The SMILES string of the molecule is C=C(C(=O)NCCNC(=O)CC(CC(=O)NCCNC(=O)CCN1C(=O)CC(NC)C1=O)NC(=O)CCOCC)N1C(=O)CC(NC)C1=O. The molecule has 7 N–H and O–H groups in total. The van der Waals surface area contributed by atoms with E-state index >= 15 is 0 Å². The van der Waals surface area contributed by atoms with Crippen molar-refractivity contribution in [3.63, 3.8) is 0 Å². The second kappa shape index (κ2) is 20.6. The first-order valence-electron chi connectivity index (χ1n) is 16.0. The first-order chi connectivity index (χ1) is 23.3. The number of likely N-dealkylation sites (N-methyl/N-ethyl adjacent to an activating group) is 2. The van der Waals surface area contributed by atoms with E-state index < -0.39 is 59.5 Å². The number of rotatable bonds is 22. The number of nitrogens with one attached hydrogen (secondary N) is 7. The zero-order valence-electron chi connectivity index (χ0n) is 28.1. The van der Waals surface area contributed by atoms with E-state index in [0.717, 1.165) is 4.90 Å². The number of amides is 9. The molecule has 0 saturated carbocycles. The predicted octanol–water partition coefficient (Wildman–Crippen LogP) is -4.26. The second-order valence-electron chi connectivity index (χ2n) is 11.2. The Morgan fingerprint density at radius 1 is 0.755 bits per heavy atom. The lowest BCUT2D eigenvalue weighted by molar-refractivity contribution is -0.140. The molecule has 0 aromatic carbocycles. The first-order valence-corrected chi connectivity index (χ1v) is 16.0. The van der Waals surface area contributed by atoms with Crippen LogP contribution in [0.2, 0.25) is 0 Å². The zero-order valence-corrected chi connectivity index (χ0v) is 28.1. The van der Waals surface area contributed by atoms with E-state index in [1.54, 1.807) is 14.0 Å². The highest BCUT2D eigenvalue weighted by Crippen LogP contribution is 2.17. The Morgan fingerprint density at radius 3 is 1.82 bits per heavy atom. The lowest BCUT2D eigenvalue weighted by Gasteiger charge is -2.19. The molecule has 9 amide bonds. The summed E-state index contributed by atoms with van der Waals surface area (Å²) in [4.78, 5) is 112. The fraction of sp³-hybridized carbons (Fsp3) is 0.633. The van der Waals surface area contributed by atoms with E-state index in [9.17, 15) is 43.2 Å². The van der Waals surface area contributed by atoms with Crippen LogP contribution in [0.5, 0.6) is 0 Å². The van der Waals surface area contributed by atoms with Gasteiger partial charge in [-0.05, 0) is 21.0 Å². The Bertz CT molecular complexity index is 1290. The fourth-order valence-corrected chi connectivity index (χ4v) is 4.95. The van der Waals surface area contributed by atoms with E-state index in [-0.39, 0.29) is 95.4 Å². The quantitative estimate of drug-likeness (QED) is 0.0323. The molecule has 0 aromatic rings. The lowest BCUT2D eigenvalue weighted by Crippen LogP contribution is -2.45. The van der Waals surface area contributed by atoms with Crippen LogP contribution in [0.1, 0.15) is 45.4 Å². The number of hydrogen-bond acceptors (Lipinski definition) is 12. The summed E-state index contributed by atoms with van der Waals surface area (Å²) in [5.74, 6) is -4.52. The maximum Gasteiger partial charge on any atom is 0.267 e. The number of ether oxygens (including phenoxy) is 1. The molecule has 0 spiro atoms. The molecule has 49 heavy (non-hydrogen) atoms. The minimum Gasteiger partial charge on any atom is -0.381 e. The number of hydrogen-bond donors (Lipinski definition) is 7. The van der Waals surface area contributed by atoms with Crippen molar-refractivity contribution in [1.82, 2.24) is 47.0 Å². The summed E-state index contributed by atoms with van der Waals surface area (Å²) in [6.07, 6.45) is -0.665. The Kier molecular flexibility index (Phi) is 17.0. The molecule has 19 nitrogen and oxygen atoms in total. The van der Waals surface area contributed by atoms with Crippen LogP contribution in [-0.4, -0.2) is 141 Å². The summed E-state index contributed by atoms with van der Waals surface area (Å²) in [5, 5.41) is 18.3. The fourth-order valence-electron chi connectivity index (χ4n) is 4.95.